The van der Waals surface area contributed by atoms with E-state index in [1.54, 1.807) is 11.0 Å². The number of aliphatic carboxylic acids is 1. The van der Waals surface area contributed by atoms with Gasteiger partial charge >= 0.3 is 12.0 Å². The van der Waals surface area contributed by atoms with E-state index in [-0.39, 0.29) is 12.6 Å². The fourth-order valence-corrected chi connectivity index (χ4v) is 2.92. The zero-order valence-electron chi connectivity index (χ0n) is 12.2. The summed E-state index contributed by atoms with van der Waals surface area (Å²) in [5.41, 5.74) is 1.48. The van der Waals surface area contributed by atoms with E-state index in [0.29, 0.717) is 12.5 Å². The van der Waals surface area contributed by atoms with Crippen LogP contribution >= 0.6 is 0 Å². The summed E-state index contributed by atoms with van der Waals surface area (Å²) < 4.78 is 0. The highest BCUT2D eigenvalue weighted by molar-refractivity contribution is 5.98. The van der Waals surface area contributed by atoms with Gasteiger partial charge in [0.15, 0.2) is 0 Å². The van der Waals surface area contributed by atoms with Crippen LogP contribution in [0.2, 0.25) is 0 Å². The molecule has 0 saturated heterocycles. The summed E-state index contributed by atoms with van der Waals surface area (Å²) in [6.07, 6.45) is 2.39. The Bertz CT molecular complexity index is 568. The van der Waals surface area contributed by atoms with Crippen molar-refractivity contribution >= 4 is 17.7 Å². The first-order valence-corrected chi connectivity index (χ1v) is 7.50. The van der Waals surface area contributed by atoms with Gasteiger partial charge in [0.25, 0.3) is 0 Å². The topological polar surface area (TPSA) is 60.9 Å². The maximum atomic E-state index is 12.7. The van der Waals surface area contributed by atoms with Gasteiger partial charge in [0.05, 0.1) is 0 Å². The number of nitrogens with zero attached hydrogens (tertiary/aromatic N) is 2. The molecule has 0 aromatic heterocycles. The predicted molar refractivity (Wildman–Crippen MR) is 79.5 cm³/mol. The number of benzene rings is 1. The summed E-state index contributed by atoms with van der Waals surface area (Å²) in [5.74, 6) is -0.866. The van der Waals surface area contributed by atoms with E-state index in [1.807, 2.05) is 30.0 Å². The Morgan fingerprint density at radius 2 is 2.05 bits per heavy atom. The summed E-state index contributed by atoms with van der Waals surface area (Å²) in [4.78, 5) is 27.6. The summed E-state index contributed by atoms with van der Waals surface area (Å²) in [7, 11) is 0. The van der Waals surface area contributed by atoms with Crippen LogP contribution < -0.4 is 4.90 Å². The summed E-state index contributed by atoms with van der Waals surface area (Å²) in [5, 5.41) is 9.36. The smallest absolute Gasteiger partial charge is 0.324 e. The van der Waals surface area contributed by atoms with Crippen molar-refractivity contribution in [3.63, 3.8) is 0 Å². The van der Waals surface area contributed by atoms with Crippen molar-refractivity contribution in [3.05, 3.63) is 29.8 Å². The van der Waals surface area contributed by atoms with Gasteiger partial charge in [0.1, 0.15) is 5.92 Å². The molecule has 112 valence electrons. The molecule has 1 aromatic carbocycles. The molecule has 1 heterocycles. The van der Waals surface area contributed by atoms with E-state index in [2.05, 4.69) is 0 Å². The quantitative estimate of drug-likeness (QED) is 0.926. The molecule has 1 unspecified atom stereocenters. The number of carbonyl (C=O) groups is 2. The first kappa shape index (κ1) is 13.9. The Labute approximate surface area is 124 Å². The van der Waals surface area contributed by atoms with Crippen LogP contribution in [0.1, 0.15) is 31.2 Å². The highest BCUT2D eigenvalue weighted by Crippen LogP contribution is 2.37. The van der Waals surface area contributed by atoms with Crippen LogP contribution in [0.15, 0.2) is 24.3 Å². The fourth-order valence-electron chi connectivity index (χ4n) is 2.92. The van der Waals surface area contributed by atoms with E-state index in [0.717, 1.165) is 17.8 Å². The van der Waals surface area contributed by atoms with Gasteiger partial charge in [-0.05, 0) is 37.3 Å². The second-order valence-corrected chi connectivity index (χ2v) is 5.82. The Balaban J connectivity index is 1.85. The van der Waals surface area contributed by atoms with Crippen molar-refractivity contribution in [2.75, 3.05) is 24.5 Å². The van der Waals surface area contributed by atoms with Gasteiger partial charge in [0, 0.05) is 25.3 Å². The Morgan fingerprint density at radius 1 is 1.33 bits per heavy atom. The minimum absolute atomic E-state index is 0.0689. The fraction of sp³-hybridized carbons (Fsp3) is 0.500. The van der Waals surface area contributed by atoms with Gasteiger partial charge in [0.2, 0.25) is 0 Å². The van der Waals surface area contributed by atoms with Crippen LogP contribution in [-0.2, 0) is 4.79 Å². The summed E-state index contributed by atoms with van der Waals surface area (Å²) in [6.45, 7) is 3.64. The standard InChI is InChI=1S/C16H20N2O3/c1-2-17(9-11-7-8-11)16(21)18-10-13(15(19)20)12-5-3-4-6-14(12)18/h3-6,11,13H,2,7-10H2,1H3,(H,19,20). The maximum Gasteiger partial charge on any atom is 0.324 e. The first-order valence-electron chi connectivity index (χ1n) is 7.50. The van der Waals surface area contributed by atoms with Crippen molar-refractivity contribution in [3.8, 4) is 0 Å². The number of para-hydroxylation sites is 1. The number of rotatable bonds is 4. The number of fused-ring (bicyclic) bond motifs is 1. The summed E-state index contributed by atoms with van der Waals surface area (Å²) in [6, 6.07) is 7.24. The highest BCUT2D eigenvalue weighted by Gasteiger charge is 2.38. The van der Waals surface area contributed by atoms with Gasteiger partial charge in [-0.3, -0.25) is 9.69 Å². The molecule has 1 atom stereocenters. The molecule has 21 heavy (non-hydrogen) atoms. The van der Waals surface area contributed by atoms with Crippen LogP contribution in [0.25, 0.3) is 0 Å². The zero-order chi connectivity index (χ0) is 15.0. The second kappa shape index (κ2) is 5.39. The molecule has 5 heteroatoms. The van der Waals surface area contributed by atoms with Crippen LogP contribution in [-0.4, -0.2) is 41.6 Å². The van der Waals surface area contributed by atoms with Gasteiger partial charge in [-0.25, -0.2) is 4.79 Å². The molecule has 1 aliphatic heterocycles. The normalized spacial score (nSPS) is 20.2. The van der Waals surface area contributed by atoms with Crippen molar-refractivity contribution in [1.29, 1.82) is 0 Å². The Morgan fingerprint density at radius 3 is 2.67 bits per heavy atom. The minimum Gasteiger partial charge on any atom is -0.481 e. The van der Waals surface area contributed by atoms with Gasteiger partial charge in [-0.15, -0.1) is 0 Å². The molecule has 1 N–H and O–H groups in total. The molecule has 2 amide bonds. The van der Waals surface area contributed by atoms with Gasteiger partial charge in [-0.2, -0.15) is 0 Å². The molecule has 1 saturated carbocycles. The third-order valence-corrected chi connectivity index (χ3v) is 4.32. The maximum absolute atomic E-state index is 12.7. The molecular weight excluding hydrogens is 268 g/mol. The number of carbonyl (C=O) groups excluding carboxylic acids is 1. The SMILES string of the molecule is CCN(CC1CC1)C(=O)N1CC(C(=O)O)c2ccccc21. The van der Waals surface area contributed by atoms with Crippen molar-refractivity contribution < 1.29 is 14.7 Å². The number of anilines is 1. The van der Waals surface area contributed by atoms with E-state index in [1.165, 1.54) is 12.8 Å². The number of amides is 2. The van der Waals surface area contributed by atoms with Crippen LogP contribution in [0.5, 0.6) is 0 Å². The molecule has 1 aliphatic carbocycles. The van der Waals surface area contributed by atoms with Crippen LogP contribution in [0.4, 0.5) is 10.5 Å². The van der Waals surface area contributed by atoms with Crippen LogP contribution in [0, 0.1) is 5.92 Å². The van der Waals surface area contributed by atoms with Crippen LogP contribution in [0.3, 0.4) is 0 Å². The zero-order valence-corrected chi connectivity index (χ0v) is 12.2. The lowest BCUT2D eigenvalue weighted by atomic mass is 10.0. The molecule has 1 fully saturated rings. The van der Waals surface area contributed by atoms with E-state index < -0.39 is 11.9 Å². The minimum atomic E-state index is -0.872. The summed E-state index contributed by atoms with van der Waals surface area (Å²) >= 11 is 0. The van der Waals surface area contributed by atoms with Crippen molar-refractivity contribution in [2.45, 2.75) is 25.7 Å². The molecule has 0 bridgehead atoms. The molecule has 5 nitrogen and oxygen atoms in total. The molecule has 2 aliphatic rings. The van der Waals surface area contributed by atoms with Crippen molar-refractivity contribution in [2.24, 2.45) is 5.92 Å². The number of hydrogen-bond acceptors (Lipinski definition) is 2. The van der Waals surface area contributed by atoms with E-state index >= 15 is 0 Å². The van der Waals surface area contributed by atoms with E-state index in [9.17, 15) is 14.7 Å². The lowest BCUT2D eigenvalue weighted by Gasteiger charge is -2.27. The third kappa shape index (κ3) is 2.60. The monoisotopic (exact) mass is 288 g/mol. The van der Waals surface area contributed by atoms with Gasteiger partial charge < -0.3 is 10.0 Å². The number of hydrogen-bond donors (Lipinski definition) is 1. The Kier molecular flexibility index (Phi) is 3.57. The lowest BCUT2D eigenvalue weighted by Crippen LogP contribution is -2.44. The highest BCUT2D eigenvalue weighted by atomic mass is 16.4. The predicted octanol–water partition coefficient (Wildman–Crippen LogP) is 2.53. The van der Waals surface area contributed by atoms with Crippen molar-refractivity contribution in [1.82, 2.24) is 4.90 Å². The number of carboxylic acids is 1. The second-order valence-electron chi connectivity index (χ2n) is 5.82. The first-order chi connectivity index (χ1) is 10.1. The van der Waals surface area contributed by atoms with E-state index in [4.69, 9.17) is 0 Å². The molecular formula is C16H20N2O3. The average molecular weight is 288 g/mol. The molecule has 0 spiro atoms. The number of carboxylic acid groups (broad SMARTS) is 1. The molecule has 0 radical (unpaired) electrons. The lowest BCUT2D eigenvalue weighted by molar-refractivity contribution is -0.138. The Hall–Kier alpha value is -2.04. The molecule has 3 rings (SSSR count). The number of urea groups is 1. The third-order valence-electron chi connectivity index (χ3n) is 4.32. The largest absolute Gasteiger partial charge is 0.481 e. The van der Waals surface area contributed by atoms with Gasteiger partial charge in [-0.1, -0.05) is 18.2 Å². The average Bonchev–Trinajstić information content (AvgIpc) is 3.21. The molecule has 1 aromatic rings.